The van der Waals surface area contributed by atoms with Gasteiger partial charge in [0.25, 0.3) is 0 Å². The van der Waals surface area contributed by atoms with Gasteiger partial charge in [-0.1, -0.05) is 0 Å². The van der Waals surface area contributed by atoms with Gasteiger partial charge in [-0.15, -0.1) is 0 Å². The minimum Gasteiger partial charge on any atom is -0.466 e. The van der Waals surface area contributed by atoms with E-state index in [9.17, 15) is 9.59 Å². The van der Waals surface area contributed by atoms with E-state index >= 15 is 0 Å². The van der Waals surface area contributed by atoms with Crippen LogP contribution >= 0.6 is 0 Å². The molecule has 0 bridgehead atoms. The normalized spacial score (nSPS) is 17.1. The fourth-order valence-corrected chi connectivity index (χ4v) is 1.46. The first-order chi connectivity index (χ1) is 7.62. The summed E-state index contributed by atoms with van der Waals surface area (Å²) in [5.74, 6) is -0.0116. The molecule has 0 unspecified atom stereocenters. The Morgan fingerprint density at radius 2 is 2.12 bits per heavy atom. The predicted molar refractivity (Wildman–Crippen MR) is 59.2 cm³/mol. The van der Waals surface area contributed by atoms with E-state index in [0.717, 1.165) is 25.0 Å². The highest BCUT2D eigenvalue weighted by Crippen LogP contribution is 2.12. The molecular weight excluding hydrogens is 208 g/mol. The fourth-order valence-electron chi connectivity index (χ4n) is 1.46. The molecule has 0 aromatic heterocycles. The number of carbonyl (C=O) groups is 2. The largest absolute Gasteiger partial charge is 0.466 e. The maximum absolute atomic E-state index is 11.5. The van der Waals surface area contributed by atoms with Crippen LogP contribution in [-0.4, -0.2) is 36.9 Å². The molecule has 0 spiro atoms. The zero-order chi connectivity index (χ0) is 12.1. The molecule has 1 heterocycles. The second-order valence-corrected chi connectivity index (χ2v) is 3.27. The van der Waals surface area contributed by atoms with Gasteiger partial charge in [0.1, 0.15) is 5.82 Å². The first kappa shape index (κ1) is 12.3. The van der Waals surface area contributed by atoms with E-state index in [4.69, 9.17) is 0 Å². The highest BCUT2D eigenvalue weighted by atomic mass is 16.5. The molecule has 5 nitrogen and oxygen atoms in total. The number of carbonyl (C=O) groups excluding carboxylic acids is 2. The van der Waals surface area contributed by atoms with E-state index < -0.39 is 5.97 Å². The van der Waals surface area contributed by atoms with Crippen LogP contribution in [0.3, 0.4) is 0 Å². The van der Waals surface area contributed by atoms with Gasteiger partial charge in [-0.05, 0) is 13.8 Å². The molecule has 1 aliphatic heterocycles. The van der Waals surface area contributed by atoms with Crippen molar-refractivity contribution in [3.63, 3.8) is 0 Å². The molecular formula is C11H16N2O3. The van der Waals surface area contributed by atoms with Crippen molar-refractivity contribution in [3.8, 4) is 0 Å². The molecule has 1 rings (SSSR count). The van der Waals surface area contributed by atoms with Crippen molar-refractivity contribution in [1.29, 1.82) is 0 Å². The van der Waals surface area contributed by atoms with Crippen molar-refractivity contribution >= 4 is 11.8 Å². The zero-order valence-corrected chi connectivity index (χ0v) is 9.74. The quantitative estimate of drug-likeness (QED) is 0.553. The van der Waals surface area contributed by atoms with Crippen LogP contribution in [-0.2, 0) is 14.3 Å². The van der Waals surface area contributed by atoms with Crippen LogP contribution in [0.5, 0.6) is 0 Å². The highest BCUT2D eigenvalue weighted by Gasteiger charge is 2.21. The van der Waals surface area contributed by atoms with Gasteiger partial charge < -0.3 is 15.0 Å². The minimum atomic E-state index is -0.537. The standard InChI is InChI=1S/C11H16N2O3/c1-4-13(5-2)10-7-9(14)8(12-10)6-11(15)16-3/h6-7,12H,4-5H2,1-3H3/b8-6-. The number of hydrogen-bond donors (Lipinski definition) is 1. The third kappa shape index (κ3) is 2.62. The summed E-state index contributed by atoms with van der Waals surface area (Å²) in [4.78, 5) is 24.5. The van der Waals surface area contributed by atoms with Crippen molar-refractivity contribution < 1.29 is 14.3 Å². The third-order valence-electron chi connectivity index (χ3n) is 2.36. The molecule has 0 saturated carbocycles. The van der Waals surface area contributed by atoms with Crippen LogP contribution in [0.15, 0.2) is 23.7 Å². The van der Waals surface area contributed by atoms with Gasteiger partial charge in [-0.25, -0.2) is 4.79 Å². The number of hydrogen-bond acceptors (Lipinski definition) is 5. The average Bonchev–Trinajstić information content (AvgIpc) is 2.62. The Kier molecular flexibility index (Phi) is 4.10. The van der Waals surface area contributed by atoms with E-state index in [0.29, 0.717) is 0 Å². The first-order valence-electron chi connectivity index (χ1n) is 5.20. The Morgan fingerprint density at radius 1 is 1.50 bits per heavy atom. The number of methoxy groups -OCH3 is 1. The van der Waals surface area contributed by atoms with Gasteiger partial charge in [-0.2, -0.15) is 0 Å². The lowest BCUT2D eigenvalue weighted by atomic mass is 10.3. The summed E-state index contributed by atoms with van der Waals surface area (Å²) in [7, 11) is 1.28. The predicted octanol–water partition coefficient (Wildman–Crippen LogP) is 0.399. The van der Waals surface area contributed by atoms with Gasteiger partial charge in [0, 0.05) is 19.2 Å². The van der Waals surface area contributed by atoms with Gasteiger partial charge >= 0.3 is 5.97 Å². The summed E-state index contributed by atoms with van der Waals surface area (Å²) in [6, 6.07) is 0. The summed E-state index contributed by atoms with van der Waals surface area (Å²) in [5, 5.41) is 2.91. The molecule has 5 heteroatoms. The van der Waals surface area contributed by atoms with Gasteiger partial charge in [0.2, 0.25) is 5.78 Å². The van der Waals surface area contributed by atoms with E-state index in [1.807, 2.05) is 18.7 Å². The molecule has 0 atom stereocenters. The SMILES string of the molecule is CCN(CC)C1=CC(=O)/C(=C/C(=O)OC)N1. The number of ketones is 1. The third-order valence-corrected chi connectivity index (χ3v) is 2.36. The topological polar surface area (TPSA) is 58.6 Å². The Morgan fingerprint density at radius 3 is 2.62 bits per heavy atom. The molecule has 0 aromatic rings. The number of nitrogens with zero attached hydrogens (tertiary/aromatic N) is 1. The Balaban J connectivity index is 2.78. The Hall–Kier alpha value is -1.78. The molecule has 0 saturated heterocycles. The Labute approximate surface area is 94.7 Å². The molecule has 0 amide bonds. The van der Waals surface area contributed by atoms with Crippen LogP contribution in [0.4, 0.5) is 0 Å². The zero-order valence-electron chi connectivity index (χ0n) is 9.74. The lowest BCUT2D eigenvalue weighted by Gasteiger charge is -2.21. The van der Waals surface area contributed by atoms with Crippen molar-refractivity contribution in [1.82, 2.24) is 10.2 Å². The van der Waals surface area contributed by atoms with Crippen molar-refractivity contribution in [2.75, 3.05) is 20.2 Å². The number of ether oxygens (including phenoxy) is 1. The van der Waals surface area contributed by atoms with Crippen LogP contribution in [0, 0.1) is 0 Å². The fraction of sp³-hybridized carbons (Fsp3) is 0.455. The summed E-state index contributed by atoms with van der Waals surface area (Å²) in [6.45, 7) is 5.60. The van der Waals surface area contributed by atoms with E-state index in [2.05, 4.69) is 10.1 Å². The minimum absolute atomic E-state index is 0.202. The molecule has 0 radical (unpaired) electrons. The van der Waals surface area contributed by atoms with Gasteiger partial charge in [0.15, 0.2) is 0 Å². The number of rotatable bonds is 4. The van der Waals surface area contributed by atoms with Crippen molar-refractivity contribution in [2.45, 2.75) is 13.8 Å². The van der Waals surface area contributed by atoms with E-state index in [1.54, 1.807) is 0 Å². The maximum Gasteiger partial charge on any atom is 0.332 e. The summed E-state index contributed by atoms with van der Waals surface area (Å²) >= 11 is 0. The molecule has 0 aromatic carbocycles. The molecule has 16 heavy (non-hydrogen) atoms. The second-order valence-electron chi connectivity index (χ2n) is 3.27. The second kappa shape index (κ2) is 5.34. The number of nitrogens with one attached hydrogen (secondary N) is 1. The van der Waals surface area contributed by atoms with Gasteiger partial charge in [0.05, 0.1) is 18.9 Å². The van der Waals surface area contributed by atoms with Crippen LogP contribution in [0.1, 0.15) is 13.8 Å². The Bertz CT molecular complexity index is 354. The smallest absolute Gasteiger partial charge is 0.332 e. The lowest BCUT2D eigenvalue weighted by Crippen LogP contribution is -2.28. The first-order valence-corrected chi connectivity index (χ1v) is 5.20. The van der Waals surface area contributed by atoms with Gasteiger partial charge in [-0.3, -0.25) is 4.79 Å². The average molecular weight is 224 g/mol. The monoisotopic (exact) mass is 224 g/mol. The van der Waals surface area contributed by atoms with Crippen LogP contribution in [0.2, 0.25) is 0 Å². The number of esters is 1. The molecule has 88 valence electrons. The lowest BCUT2D eigenvalue weighted by molar-refractivity contribution is -0.135. The summed E-state index contributed by atoms with van der Waals surface area (Å²) < 4.78 is 4.46. The van der Waals surface area contributed by atoms with Crippen LogP contribution in [0.25, 0.3) is 0 Å². The highest BCUT2D eigenvalue weighted by molar-refractivity contribution is 6.09. The number of allylic oxidation sites excluding steroid dienone is 1. The maximum atomic E-state index is 11.5. The molecule has 0 fully saturated rings. The van der Waals surface area contributed by atoms with E-state index in [-0.39, 0.29) is 11.5 Å². The van der Waals surface area contributed by atoms with Crippen LogP contribution < -0.4 is 5.32 Å². The van der Waals surface area contributed by atoms with Crippen molar-refractivity contribution in [2.24, 2.45) is 0 Å². The van der Waals surface area contributed by atoms with Crippen molar-refractivity contribution in [3.05, 3.63) is 23.7 Å². The summed E-state index contributed by atoms with van der Waals surface area (Å²) in [5.41, 5.74) is 0.258. The molecule has 0 aliphatic carbocycles. The van der Waals surface area contributed by atoms with E-state index in [1.165, 1.54) is 13.2 Å². The molecule has 1 N–H and O–H groups in total. The summed E-state index contributed by atoms with van der Waals surface area (Å²) in [6.07, 6.45) is 2.65. The molecule has 1 aliphatic rings.